The molecule has 6 heteroatoms. The first-order valence-electron chi connectivity index (χ1n) is 8.42. The first kappa shape index (κ1) is 18.6. The second kappa shape index (κ2) is 8.01. The molecule has 0 bridgehead atoms. The van der Waals surface area contributed by atoms with E-state index in [1.807, 2.05) is 24.3 Å². The van der Waals surface area contributed by atoms with Crippen LogP contribution in [0.2, 0.25) is 0 Å². The number of rotatable bonds is 5. The van der Waals surface area contributed by atoms with Crippen molar-refractivity contribution < 1.29 is 9.18 Å². The van der Waals surface area contributed by atoms with Crippen molar-refractivity contribution >= 4 is 51.7 Å². The van der Waals surface area contributed by atoms with Gasteiger partial charge in [0.05, 0.1) is 10.6 Å². The quantitative estimate of drug-likeness (QED) is 0.528. The lowest BCUT2D eigenvalue weighted by atomic mass is 10.2. The minimum atomic E-state index is -0.332. The van der Waals surface area contributed by atoms with Gasteiger partial charge in [0.25, 0.3) is 5.91 Å². The van der Waals surface area contributed by atoms with Gasteiger partial charge in [-0.25, -0.2) is 4.39 Å². The van der Waals surface area contributed by atoms with Gasteiger partial charge in [-0.05, 0) is 61.9 Å². The van der Waals surface area contributed by atoms with Crippen LogP contribution in [0.1, 0.15) is 19.4 Å². The Morgan fingerprint density at radius 2 is 1.85 bits per heavy atom. The first-order valence-corrected chi connectivity index (χ1v) is 9.64. The number of carbonyl (C=O) groups excluding carboxylic acids is 1. The summed E-state index contributed by atoms with van der Waals surface area (Å²) in [5.41, 5.74) is 2.49. The Balaban J connectivity index is 1.85. The van der Waals surface area contributed by atoms with Gasteiger partial charge in [0, 0.05) is 18.8 Å². The monoisotopic (exact) mass is 386 g/mol. The number of carbonyl (C=O) groups is 1. The molecular weight excluding hydrogens is 367 g/mol. The number of amides is 1. The third-order valence-electron chi connectivity index (χ3n) is 4.18. The van der Waals surface area contributed by atoms with Gasteiger partial charge >= 0.3 is 0 Å². The van der Waals surface area contributed by atoms with Crippen LogP contribution in [-0.4, -0.2) is 23.3 Å². The molecule has 0 spiro atoms. The summed E-state index contributed by atoms with van der Waals surface area (Å²) in [6.07, 6.45) is 1.67. The fraction of sp³-hybridized carbons (Fsp3) is 0.200. The van der Waals surface area contributed by atoms with Gasteiger partial charge in [-0.2, -0.15) is 0 Å². The minimum absolute atomic E-state index is 0.181. The molecule has 1 saturated heterocycles. The summed E-state index contributed by atoms with van der Waals surface area (Å²) in [6.45, 7) is 6.06. The van der Waals surface area contributed by atoms with Gasteiger partial charge in [-0.3, -0.25) is 9.69 Å². The molecule has 0 saturated carbocycles. The third-order valence-corrected chi connectivity index (χ3v) is 5.48. The van der Waals surface area contributed by atoms with E-state index in [9.17, 15) is 9.18 Å². The number of thioether (sulfide) groups is 1. The van der Waals surface area contributed by atoms with E-state index in [0.717, 1.165) is 24.5 Å². The highest BCUT2D eigenvalue weighted by Gasteiger charge is 2.33. The number of hydrogen-bond acceptors (Lipinski definition) is 4. The summed E-state index contributed by atoms with van der Waals surface area (Å²) >= 11 is 6.62. The molecular formula is C20H19FN2OS2. The molecule has 0 N–H and O–H groups in total. The van der Waals surface area contributed by atoms with Crippen molar-refractivity contribution in [3.8, 4) is 0 Å². The van der Waals surface area contributed by atoms with E-state index in [1.54, 1.807) is 18.2 Å². The van der Waals surface area contributed by atoms with E-state index in [0.29, 0.717) is 14.8 Å². The van der Waals surface area contributed by atoms with Crippen molar-refractivity contribution in [2.24, 2.45) is 0 Å². The third kappa shape index (κ3) is 3.81. The first-order chi connectivity index (χ1) is 12.5. The average Bonchev–Trinajstić information content (AvgIpc) is 2.90. The molecule has 1 fully saturated rings. The predicted molar refractivity (Wildman–Crippen MR) is 112 cm³/mol. The smallest absolute Gasteiger partial charge is 0.270 e. The number of halogens is 1. The Bertz CT molecular complexity index is 860. The SMILES string of the molecule is CCN(CC)c1ccc(N2C(=O)C(=Cc3cccc(F)c3)SC2=S)cc1. The highest BCUT2D eigenvalue weighted by Crippen LogP contribution is 2.36. The second-order valence-corrected chi connectivity index (χ2v) is 7.44. The van der Waals surface area contributed by atoms with Crippen LogP contribution < -0.4 is 9.80 Å². The summed E-state index contributed by atoms with van der Waals surface area (Å²) in [4.78, 5) is 17.0. The van der Waals surface area contributed by atoms with Gasteiger partial charge in [0.15, 0.2) is 4.32 Å². The van der Waals surface area contributed by atoms with Crippen molar-refractivity contribution in [3.63, 3.8) is 0 Å². The Labute approximate surface area is 162 Å². The standard InChI is InChI=1S/C20H19FN2OS2/c1-3-22(4-2)16-8-10-17(11-9-16)23-19(24)18(26-20(23)25)13-14-6-5-7-15(21)12-14/h5-13H,3-4H2,1-2H3. The molecule has 3 nitrogen and oxygen atoms in total. The van der Waals surface area contributed by atoms with Gasteiger partial charge in [0.1, 0.15) is 5.82 Å². The van der Waals surface area contributed by atoms with E-state index < -0.39 is 0 Å². The van der Waals surface area contributed by atoms with Gasteiger partial charge < -0.3 is 4.90 Å². The second-order valence-electron chi connectivity index (χ2n) is 5.76. The minimum Gasteiger partial charge on any atom is -0.372 e. The number of anilines is 2. The van der Waals surface area contributed by atoms with Crippen LogP contribution in [0.4, 0.5) is 15.8 Å². The molecule has 134 valence electrons. The maximum Gasteiger partial charge on any atom is 0.270 e. The van der Waals surface area contributed by atoms with Crippen molar-refractivity contribution in [2.75, 3.05) is 22.9 Å². The van der Waals surface area contributed by atoms with Crippen LogP contribution in [0.15, 0.2) is 53.4 Å². The summed E-state index contributed by atoms with van der Waals surface area (Å²) in [6, 6.07) is 14.0. The van der Waals surface area contributed by atoms with Crippen LogP contribution >= 0.6 is 24.0 Å². The summed E-state index contributed by atoms with van der Waals surface area (Å²) in [5.74, 6) is -0.513. The zero-order valence-corrected chi connectivity index (χ0v) is 16.2. The molecule has 1 aliphatic rings. The molecule has 1 amide bonds. The van der Waals surface area contributed by atoms with Crippen molar-refractivity contribution in [1.82, 2.24) is 0 Å². The summed E-state index contributed by atoms with van der Waals surface area (Å²) in [5, 5.41) is 0. The molecule has 3 rings (SSSR count). The fourth-order valence-corrected chi connectivity index (χ4v) is 4.14. The highest BCUT2D eigenvalue weighted by molar-refractivity contribution is 8.27. The molecule has 0 aliphatic carbocycles. The normalized spacial score (nSPS) is 15.8. The molecule has 2 aromatic rings. The van der Waals surface area contributed by atoms with Crippen LogP contribution in [0, 0.1) is 5.82 Å². The van der Waals surface area contributed by atoms with E-state index in [-0.39, 0.29) is 11.7 Å². The topological polar surface area (TPSA) is 23.6 Å². The maximum absolute atomic E-state index is 13.4. The maximum atomic E-state index is 13.4. The molecule has 0 unspecified atom stereocenters. The van der Waals surface area contributed by atoms with Crippen molar-refractivity contribution in [2.45, 2.75) is 13.8 Å². The molecule has 0 radical (unpaired) electrons. The number of hydrogen-bond donors (Lipinski definition) is 0. The molecule has 0 aromatic heterocycles. The van der Waals surface area contributed by atoms with Crippen LogP contribution in [0.3, 0.4) is 0 Å². The van der Waals surface area contributed by atoms with Crippen LogP contribution in [0.25, 0.3) is 6.08 Å². The number of benzene rings is 2. The van der Waals surface area contributed by atoms with E-state index in [1.165, 1.54) is 28.8 Å². The number of thiocarbonyl (C=S) groups is 1. The molecule has 1 aliphatic heterocycles. The van der Waals surface area contributed by atoms with Crippen LogP contribution in [0.5, 0.6) is 0 Å². The molecule has 26 heavy (non-hydrogen) atoms. The van der Waals surface area contributed by atoms with Crippen molar-refractivity contribution in [1.29, 1.82) is 0 Å². The summed E-state index contributed by atoms with van der Waals surface area (Å²) in [7, 11) is 0. The zero-order valence-electron chi connectivity index (χ0n) is 14.6. The largest absolute Gasteiger partial charge is 0.372 e. The Morgan fingerprint density at radius 1 is 1.15 bits per heavy atom. The molecule has 2 aromatic carbocycles. The molecule has 0 atom stereocenters. The lowest BCUT2D eigenvalue weighted by Gasteiger charge is -2.22. The van der Waals surface area contributed by atoms with Crippen LogP contribution in [-0.2, 0) is 4.79 Å². The lowest BCUT2D eigenvalue weighted by molar-refractivity contribution is -0.113. The van der Waals surface area contributed by atoms with Gasteiger partial charge in [0.2, 0.25) is 0 Å². The van der Waals surface area contributed by atoms with E-state index in [4.69, 9.17) is 12.2 Å². The summed E-state index contributed by atoms with van der Waals surface area (Å²) < 4.78 is 13.8. The van der Waals surface area contributed by atoms with Gasteiger partial charge in [-0.1, -0.05) is 36.1 Å². The Morgan fingerprint density at radius 3 is 2.46 bits per heavy atom. The zero-order chi connectivity index (χ0) is 18.7. The predicted octanol–water partition coefficient (Wildman–Crippen LogP) is 5.08. The average molecular weight is 387 g/mol. The molecule has 1 heterocycles. The van der Waals surface area contributed by atoms with E-state index >= 15 is 0 Å². The lowest BCUT2D eigenvalue weighted by Crippen LogP contribution is -2.27. The number of nitrogens with zero attached hydrogens (tertiary/aromatic N) is 2. The Hall–Kier alpha value is -2.18. The van der Waals surface area contributed by atoms with Crippen molar-refractivity contribution in [3.05, 3.63) is 64.8 Å². The van der Waals surface area contributed by atoms with Gasteiger partial charge in [-0.15, -0.1) is 0 Å². The highest BCUT2D eigenvalue weighted by atomic mass is 32.2. The van der Waals surface area contributed by atoms with E-state index in [2.05, 4.69) is 18.7 Å². The Kier molecular flexibility index (Phi) is 5.74. The fourth-order valence-electron chi connectivity index (χ4n) is 2.84.